The third-order valence-electron chi connectivity index (χ3n) is 2.23. The van der Waals surface area contributed by atoms with Crippen LogP contribution in [0.5, 0.6) is 0 Å². The monoisotopic (exact) mass is 242 g/mol. The first-order valence-corrected chi connectivity index (χ1v) is 4.73. The lowest BCUT2D eigenvalue weighted by Crippen LogP contribution is -2.10. The number of alkyl halides is 3. The van der Waals surface area contributed by atoms with E-state index in [-0.39, 0.29) is 11.6 Å². The summed E-state index contributed by atoms with van der Waals surface area (Å²) in [7, 11) is 0. The van der Waals surface area contributed by atoms with Crippen molar-refractivity contribution in [2.45, 2.75) is 13.1 Å². The molecule has 0 bridgehead atoms. The molecule has 0 aliphatic heterocycles. The van der Waals surface area contributed by atoms with Crippen molar-refractivity contribution >= 4 is 5.82 Å². The molecule has 0 unspecified atom stereocenters. The van der Waals surface area contributed by atoms with Crippen LogP contribution in [0, 0.1) is 6.92 Å². The van der Waals surface area contributed by atoms with E-state index in [0.29, 0.717) is 5.82 Å². The van der Waals surface area contributed by atoms with Gasteiger partial charge in [0.2, 0.25) is 0 Å². The van der Waals surface area contributed by atoms with E-state index in [2.05, 4.69) is 9.97 Å². The molecule has 0 aromatic carbocycles. The van der Waals surface area contributed by atoms with Crippen LogP contribution in [-0.2, 0) is 6.18 Å². The van der Waals surface area contributed by atoms with Crippen LogP contribution in [-0.4, -0.2) is 14.5 Å². The maximum absolute atomic E-state index is 12.6. The first-order valence-electron chi connectivity index (χ1n) is 4.73. The Morgan fingerprint density at radius 3 is 2.53 bits per heavy atom. The molecule has 2 N–H and O–H groups in total. The fraction of sp³-hybridized carbons (Fsp3) is 0.200. The number of pyridine rings is 1. The second kappa shape index (κ2) is 3.76. The highest BCUT2D eigenvalue weighted by atomic mass is 19.4. The van der Waals surface area contributed by atoms with Crippen molar-refractivity contribution in [3.8, 4) is 5.82 Å². The molecule has 2 heterocycles. The molecule has 2 rings (SSSR count). The van der Waals surface area contributed by atoms with Gasteiger partial charge in [-0.2, -0.15) is 13.2 Å². The van der Waals surface area contributed by atoms with Crippen LogP contribution in [0.4, 0.5) is 19.0 Å². The summed E-state index contributed by atoms with van der Waals surface area (Å²) in [5.74, 6) is 0.464. The van der Waals surface area contributed by atoms with Gasteiger partial charge in [-0.3, -0.25) is 4.57 Å². The summed E-state index contributed by atoms with van der Waals surface area (Å²) < 4.78 is 39.2. The molecule has 17 heavy (non-hydrogen) atoms. The van der Waals surface area contributed by atoms with E-state index in [0.717, 1.165) is 12.1 Å². The van der Waals surface area contributed by atoms with Gasteiger partial charge in [0.25, 0.3) is 0 Å². The Morgan fingerprint density at radius 1 is 1.29 bits per heavy atom. The van der Waals surface area contributed by atoms with Gasteiger partial charge in [0.1, 0.15) is 17.5 Å². The van der Waals surface area contributed by atoms with Crippen molar-refractivity contribution in [2.75, 3.05) is 5.73 Å². The van der Waals surface area contributed by atoms with Gasteiger partial charge < -0.3 is 5.73 Å². The fourth-order valence-electron chi connectivity index (χ4n) is 1.44. The molecule has 7 heteroatoms. The molecule has 90 valence electrons. The molecule has 0 saturated carbocycles. The number of nitrogen functional groups attached to an aromatic ring is 1. The van der Waals surface area contributed by atoms with Crippen LogP contribution in [0.2, 0.25) is 0 Å². The molecule has 0 spiro atoms. The molecule has 2 aromatic heterocycles. The zero-order valence-corrected chi connectivity index (χ0v) is 8.86. The van der Waals surface area contributed by atoms with Crippen molar-refractivity contribution in [1.29, 1.82) is 0 Å². The summed E-state index contributed by atoms with van der Waals surface area (Å²) in [5.41, 5.74) is 4.54. The lowest BCUT2D eigenvalue weighted by molar-refractivity contribution is -0.137. The minimum absolute atomic E-state index is 0.104. The van der Waals surface area contributed by atoms with Crippen LogP contribution < -0.4 is 5.73 Å². The second-order valence-electron chi connectivity index (χ2n) is 3.48. The summed E-state index contributed by atoms with van der Waals surface area (Å²) in [6, 6.07) is 1.74. The number of aryl methyl sites for hydroxylation is 1. The first-order chi connectivity index (χ1) is 7.88. The third kappa shape index (κ3) is 2.22. The van der Waals surface area contributed by atoms with Crippen LogP contribution in [0.15, 0.2) is 24.5 Å². The normalized spacial score (nSPS) is 11.8. The molecule has 0 aliphatic rings. The van der Waals surface area contributed by atoms with E-state index in [9.17, 15) is 13.2 Å². The van der Waals surface area contributed by atoms with Gasteiger partial charge in [0.05, 0.1) is 5.56 Å². The number of nitrogens with two attached hydrogens (primary N) is 1. The zero-order valence-electron chi connectivity index (χ0n) is 8.86. The fourth-order valence-corrected chi connectivity index (χ4v) is 1.44. The average Bonchev–Trinajstić information content (AvgIpc) is 2.62. The summed E-state index contributed by atoms with van der Waals surface area (Å²) in [4.78, 5) is 7.77. The molecule has 0 radical (unpaired) electrons. The van der Waals surface area contributed by atoms with E-state index in [1.165, 1.54) is 17.0 Å². The molecular weight excluding hydrogens is 233 g/mol. The van der Waals surface area contributed by atoms with Crippen LogP contribution in [0.3, 0.4) is 0 Å². The Kier molecular flexibility index (Phi) is 2.53. The highest BCUT2D eigenvalue weighted by Gasteiger charge is 2.31. The minimum atomic E-state index is -4.44. The standard InChI is InChI=1S/C10H9F3N4/c1-6-15-2-3-17(6)9-5-7(10(11,12)13)4-8(14)16-9/h2-5H,1H3,(H2,14,16). The smallest absolute Gasteiger partial charge is 0.384 e. The van der Waals surface area contributed by atoms with Crippen molar-refractivity contribution in [3.05, 3.63) is 35.9 Å². The molecular formula is C10H9F3N4. The summed E-state index contributed by atoms with van der Waals surface area (Å²) in [6.45, 7) is 1.66. The van der Waals surface area contributed by atoms with Gasteiger partial charge in [0.15, 0.2) is 0 Å². The molecule has 0 amide bonds. The SMILES string of the molecule is Cc1nccn1-c1cc(C(F)(F)F)cc(N)n1. The van der Waals surface area contributed by atoms with E-state index >= 15 is 0 Å². The summed E-state index contributed by atoms with van der Waals surface area (Å²) >= 11 is 0. The highest BCUT2D eigenvalue weighted by Crippen LogP contribution is 2.31. The third-order valence-corrected chi connectivity index (χ3v) is 2.23. The Bertz CT molecular complexity index is 545. The Morgan fingerprint density at radius 2 is 2.00 bits per heavy atom. The number of rotatable bonds is 1. The Hall–Kier alpha value is -2.05. The molecule has 0 fully saturated rings. The number of nitrogens with zero attached hydrogens (tertiary/aromatic N) is 3. The predicted octanol–water partition coefficient (Wildman–Crippen LogP) is 2.18. The number of hydrogen-bond acceptors (Lipinski definition) is 3. The number of halogens is 3. The molecule has 0 saturated heterocycles. The second-order valence-corrected chi connectivity index (χ2v) is 3.48. The van der Waals surface area contributed by atoms with Crippen molar-refractivity contribution in [1.82, 2.24) is 14.5 Å². The first kappa shape index (κ1) is 11.4. The zero-order chi connectivity index (χ0) is 12.6. The Labute approximate surface area is 94.9 Å². The minimum Gasteiger partial charge on any atom is -0.384 e. The quantitative estimate of drug-likeness (QED) is 0.833. The number of imidazole rings is 1. The molecule has 2 aromatic rings. The van der Waals surface area contributed by atoms with Gasteiger partial charge in [-0.15, -0.1) is 0 Å². The van der Waals surface area contributed by atoms with Crippen LogP contribution >= 0.6 is 0 Å². The number of anilines is 1. The van der Waals surface area contributed by atoms with E-state index in [1.807, 2.05) is 0 Å². The predicted molar refractivity (Wildman–Crippen MR) is 55.5 cm³/mol. The maximum Gasteiger partial charge on any atom is 0.416 e. The highest BCUT2D eigenvalue weighted by molar-refractivity contribution is 5.42. The van der Waals surface area contributed by atoms with Gasteiger partial charge in [0, 0.05) is 12.4 Å². The van der Waals surface area contributed by atoms with Gasteiger partial charge in [-0.1, -0.05) is 0 Å². The molecule has 4 nitrogen and oxygen atoms in total. The topological polar surface area (TPSA) is 56.7 Å². The molecule has 0 atom stereocenters. The van der Waals surface area contributed by atoms with E-state index in [4.69, 9.17) is 5.73 Å². The largest absolute Gasteiger partial charge is 0.416 e. The number of aromatic nitrogens is 3. The van der Waals surface area contributed by atoms with Crippen molar-refractivity contribution in [2.24, 2.45) is 0 Å². The van der Waals surface area contributed by atoms with Crippen molar-refractivity contribution in [3.63, 3.8) is 0 Å². The van der Waals surface area contributed by atoms with Crippen molar-refractivity contribution < 1.29 is 13.2 Å². The molecule has 0 aliphatic carbocycles. The lowest BCUT2D eigenvalue weighted by atomic mass is 10.2. The maximum atomic E-state index is 12.6. The average molecular weight is 242 g/mol. The van der Waals surface area contributed by atoms with Crippen LogP contribution in [0.1, 0.15) is 11.4 Å². The summed E-state index contributed by atoms with van der Waals surface area (Å²) in [5, 5.41) is 0. The Balaban J connectivity index is 2.57. The van der Waals surface area contributed by atoms with Gasteiger partial charge in [-0.05, 0) is 19.1 Å². The number of hydrogen-bond donors (Lipinski definition) is 1. The van der Waals surface area contributed by atoms with E-state index < -0.39 is 11.7 Å². The lowest BCUT2D eigenvalue weighted by Gasteiger charge is -2.10. The summed E-state index contributed by atoms with van der Waals surface area (Å²) in [6.07, 6.45) is -1.44. The van der Waals surface area contributed by atoms with Crippen LogP contribution in [0.25, 0.3) is 5.82 Å². The van der Waals surface area contributed by atoms with Gasteiger partial charge >= 0.3 is 6.18 Å². The van der Waals surface area contributed by atoms with E-state index in [1.54, 1.807) is 6.92 Å². The van der Waals surface area contributed by atoms with Gasteiger partial charge in [-0.25, -0.2) is 9.97 Å².